The van der Waals surface area contributed by atoms with Gasteiger partial charge in [0, 0.05) is 34.2 Å². The number of carbonyl (C=O) groups excluding carboxylic acids is 1. The minimum absolute atomic E-state index is 0.278. The Labute approximate surface area is 119 Å². The minimum Gasteiger partial charge on any atom is -0.398 e. The van der Waals surface area contributed by atoms with E-state index in [4.69, 9.17) is 5.73 Å². The van der Waals surface area contributed by atoms with Crippen LogP contribution in [0.25, 0.3) is 10.8 Å². The van der Waals surface area contributed by atoms with Crippen LogP contribution in [0.1, 0.15) is 16.1 Å². The van der Waals surface area contributed by atoms with Gasteiger partial charge in [-0.3, -0.25) is 15.1 Å². The molecule has 3 N–H and O–H groups in total. The molecule has 6 heteroatoms. The van der Waals surface area contributed by atoms with E-state index in [9.17, 15) is 4.79 Å². The second-order valence-corrected chi connectivity index (χ2v) is 5.24. The Balaban J connectivity index is 2.12. The summed E-state index contributed by atoms with van der Waals surface area (Å²) in [4.78, 5) is 20.6. The van der Waals surface area contributed by atoms with Crippen molar-refractivity contribution < 1.29 is 4.79 Å². The number of amides is 1. The molecule has 0 bridgehead atoms. The first-order chi connectivity index (χ1) is 9.66. The number of aromatic nitrogens is 2. The van der Waals surface area contributed by atoms with Gasteiger partial charge in [-0.05, 0) is 24.6 Å². The number of nitrogens with zero attached hydrogens (tertiary/aromatic N) is 2. The Morgan fingerprint density at radius 2 is 2.10 bits per heavy atom. The van der Waals surface area contributed by atoms with Crippen molar-refractivity contribution >= 4 is 38.8 Å². The normalized spacial score (nSPS) is 10.7. The highest BCUT2D eigenvalue weighted by Gasteiger charge is 2.15. The van der Waals surface area contributed by atoms with Crippen LogP contribution < -0.4 is 11.1 Å². The van der Waals surface area contributed by atoms with Gasteiger partial charge in [0.1, 0.15) is 5.69 Å². The van der Waals surface area contributed by atoms with Crippen molar-refractivity contribution in [3.8, 4) is 0 Å². The molecule has 2 aromatic heterocycles. The summed E-state index contributed by atoms with van der Waals surface area (Å²) < 4.78 is 0. The Morgan fingerprint density at radius 1 is 1.25 bits per heavy atom. The monoisotopic (exact) mass is 284 g/mol. The third-order valence-corrected chi connectivity index (χ3v) is 3.73. The Bertz CT molecular complexity index is 783. The number of pyridine rings is 1. The minimum atomic E-state index is -0.278. The van der Waals surface area contributed by atoms with Crippen molar-refractivity contribution in [3.05, 3.63) is 47.2 Å². The van der Waals surface area contributed by atoms with Crippen LogP contribution >= 0.6 is 11.3 Å². The van der Waals surface area contributed by atoms with E-state index in [0.717, 1.165) is 16.3 Å². The summed E-state index contributed by atoms with van der Waals surface area (Å²) in [6.07, 6.45) is 3.23. The molecule has 0 spiro atoms. The molecule has 0 atom stereocenters. The van der Waals surface area contributed by atoms with Crippen LogP contribution in [-0.4, -0.2) is 15.9 Å². The van der Waals surface area contributed by atoms with E-state index in [1.54, 1.807) is 17.8 Å². The SMILES string of the molecule is Cc1ccc(N)c2ccnc(C(=O)Nc3nccs3)c12. The second kappa shape index (κ2) is 4.90. The highest BCUT2D eigenvalue weighted by Crippen LogP contribution is 2.26. The van der Waals surface area contributed by atoms with E-state index in [1.165, 1.54) is 11.3 Å². The molecule has 0 radical (unpaired) electrons. The number of nitrogens with two attached hydrogens (primary N) is 1. The summed E-state index contributed by atoms with van der Waals surface area (Å²) >= 11 is 1.36. The fourth-order valence-electron chi connectivity index (χ4n) is 2.10. The predicted molar refractivity (Wildman–Crippen MR) is 81.0 cm³/mol. The summed E-state index contributed by atoms with van der Waals surface area (Å²) in [7, 11) is 0. The van der Waals surface area contributed by atoms with E-state index in [1.807, 2.05) is 25.1 Å². The zero-order valence-corrected chi connectivity index (χ0v) is 11.6. The number of thiazole rings is 1. The van der Waals surface area contributed by atoms with E-state index in [0.29, 0.717) is 16.5 Å². The van der Waals surface area contributed by atoms with Gasteiger partial charge in [0.2, 0.25) is 0 Å². The van der Waals surface area contributed by atoms with Crippen molar-refractivity contribution in [2.75, 3.05) is 11.1 Å². The molecule has 1 amide bonds. The largest absolute Gasteiger partial charge is 0.398 e. The molecule has 5 nitrogen and oxygen atoms in total. The number of aryl methyl sites for hydroxylation is 1. The number of benzene rings is 1. The van der Waals surface area contributed by atoms with Gasteiger partial charge in [0.15, 0.2) is 5.13 Å². The van der Waals surface area contributed by atoms with E-state index < -0.39 is 0 Å². The lowest BCUT2D eigenvalue weighted by Gasteiger charge is -2.09. The third-order valence-electron chi connectivity index (χ3n) is 3.04. The summed E-state index contributed by atoms with van der Waals surface area (Å²) in [5.41, 5.74) is 7.92. The number of carbonyl (C=O) groups is 1. The Kier molecular flexibility index (Phi) is 3.08. The molecule has 0 aliphatic heterocycles. The Hall–Kier alpha value is -2.47. The first kappa shape index (κ1) is 12.6. The molecule has 0 saturated heterocycles. The molecule has 0 aliphatic carbocycles. The first-order valence-electron chi connectivity index (χ1n) is 6.01. The van der Waals surface area contributed by atoms with Crippen LogP contribution in [0.4, 0.5) is 10.8 Å². The van der Waals surface area contributed by atoms with E-state index >= 15 is 0 Å². The fraction of sp³-hybridized carbons (Fsp3) is 0.0714. The van der Waals surface area contributed by atoms with Crippen LogP contribution in [0.3, 0.4) is 0 Å². The third kappa shape index (κ3) is 2.10. The van der Waals surface area contributed by atoms with Gasteiger partial charge in [-0.1, -0.05) is 6.07 Å². The summed E-state index contributed by atoms with van der Waals surface area (Å²) in [6, 6.07) is 5.54. The average molecular weight is 284 g/mol. The molecular formula is C14H12N4OS. The maximum Gasteiger partial charge on any atom is 0.276 e. The van der Waals surface area contributed by atoms with Gasteiger partial charge < -0.3 is 5.73 Å². The average Bonchev–Trinajstić information content (AvgIpc) is 2.95. The quantitative estimate of drug-likeness (QED) is 0.709. The summed E-state index contributed by atoms with van der Waals surface area (Å²) in [5.74, 6) is -0.278. The number of rotatable bonds is 2. The Morgan fingerprint density at radius 3 is 2.85 bits per heavy atom. The molecule has 0 unspecified atom stereocenters. The smallest absolute Gasteiger partial charge is 0.276 e. The van der Waals surface area contributed by atoms with Crippen molar-refractivity contribution in [1.29, 1.82) is 0 Å². The number of hydrogen-bond acceptors (Lipinski definition) is 5. The molecule has 1 aromatic carbocycles. The molecule has 3 aromatic rings. The number of nitrogens with one attached hydrogen (secondary N) is 1. The number of fused-ring (bicyclic) bond motifs is 1. The molecule has 100 valence electrons. The van der Waals surface area contributed by atoms with Crippen LogP contribution in [-0.2, 0) is 0 Å². The van der Waals surface area contributed by atoms with Crippen LogP contribution in [0, 0.1) is 6.92 Å². The van der Waals surface area contributed by atoms with Crippen molar-refractivity contribution in [3.63, 3.8) is 0 Å². The molecule has 0 saturated carbocycles. The molecular weight excluding hydrogens is 272 g/mol. The van der Waals surface area contributed by atoms with Gasteiger partial charge in [-0.2, -0.15) is 0 Å². The lowest BCUT2D eigenvalue weighted by molar-refractivity contribution is 0.102. The molecule has 0 fully saturated rings. The highest BCUT2D eigenvalue weighted by atomic mass is 32.1. The first-order valence-corrected chi connectivity index (χ1v) is 6.89. The number of anilines is 2. The summed E-state index contributed by atoms with van der Waals surface area (Å²) in [5, 5.41) is 6.71. The number of hydrogen-bond donors (Lipinski definition) is 2. The van der Waals surface area contributed by atoms with Crippen LogP contribution in [0.5, 0.6) is 0 Å². The van der Waals surface area contributed by atoms with Gasteiger partial charge in [-0.15, -0.1) is 11.3 Å². The molecule has 0 aliphatic rings. The summed E-state index contributed by atoms with van der Waals surface area (Å²) in [6.45, 7) is 1.93. The zero-order valence-electron chi connectivity index (χ0n) is 10.8. The van der Waals surface area contributed by atoms with Gasteiger partial charge in [0.25, 0.3) is 5.91 Å². The van der Waals surface area contributed by atoms with E-state index in [2.05, 4.69) is 15.3 Å². The predicted octanol–water partition coefficient (Wildman–Crippen LogP) is 2.83. The maximum absolute atomic E-state index is 12.3. The number of nitrogen functional groups attached to an aromatic ring is 1. The topological polar surface area (TPSA) is 80.9 Å². The van der Waals surface area contributed by atoms with Crippen molar-refractivity contribution in [1.82, 2.24) is 9.97 Å². The van der Waals surface area contributed by atoms with Crippen molar-refractivity contribution in [2.45, 2.75) is 6.92 Å². The van der Waals surface area contributed by atoms with Gasteiger partial charge in [-0.25, -0.2) is 4.98 Å². The fourth-order valence-corrected chi connectivity index (χ4v) is 2.63. The lowest BCUT2D eigenvalue weighted by atomic mass is 10.0. The standard InChI is InChI=1S/C14H12N4OS/c1-8-2-3-10(15)9-4-5-16-12(11(8)9)13(19)18-14-17-6-7-20-14/h2-7H,15H2,1H3,(H,17,18,19). The van der Waals surface area contributed by atoms with Gasteiger partial charge in [0.05, 0.1) is 0 Å². The molecule has 2 heterocycles. The second-order valence-electron chi connectivity index (χ2n) is 4.35. The van der Waals surface area contributed by atoms with Crippen LogP contribution in [0.15, 0.2) is 36.0 Å². The van der Waals surface area contributed by atoms with Crippen molar-refractivity contribution in [2.24, 2.45) is 0 Å². The van der Waals surface area contributed by atoms with Gasteiger partial charge >= 0.3 is 0 Å². The molecule has 20 heavy (non-hydrogen) atoms. The lowest BCUT2D eigenvalue weighted by Crippen LogP contribution is -2.14. The van der Waals surface area contributed by atoms with Crippen LogP contribution in [0.2, 0.25) is 0 Å². The maximum atomic E-state index is 12.3. The molecule has 3 rings (SSSR count). The van der Waals surface area contributed by atoms with E-state index in [-0.39, 0.29) is 5.91 Å². The zero-order chi connectivity index (χ0) is 14.1. The highest BCUT2D eigenvalue weighted by molar-refractivity contribution is 7.13.